The Morgan fingerprint density at radius 1 is 1.23 bits per heavy atom. The van der Waals surface area contributed by atoms with Crippen molar-refractivity contribution in [1.82, 2.24) is 14.8 Å². The fraction of sp³-hybridized carbons (Fsp3) is 0.682. The Kier molecular flexibility index (Phi) is 7.66. The highest BCUT2D eigenvalue weighted by Crippen LogP contribution is 2.27. The smallest absolute Gasteiger partial charge is 0.410 e. The molecule has 0 unspecified atom stereocenters. The molecule has 2 atom stereocenters. The van der Waals surface area contributed by atoms with Gasteiger partial charge in [0.1, 0.15) is 5.60 Å². The maximum atomic E-state index is 12.9. The number of nitrogens with zero attached hydrogens (tertiary/aromatic N) is 3. The second kappa shape index (κ2) is 10.2. The van der Waals surface area contributed by atoms with Gasteiger partial charge in [-0.3, -0.25) is 9.78 Å². The van der Waals surface area contributed by atoms with Gasteiger partial charge in [0.15, 0.2) is 0 Å². The number of hydrogen-bond donors (Lipinski definition) is 0. The fourth-order valence-corrected chi connectivity index (χ4v) is 3.74. The number of pyridine rings is 1. The summed E-state index contributed by atoms with van der Waals surface area (Å²) in [5.74, 6) is 0.0213. The van der Waals surface area contributed by atoms with E-state index in [-0.39, 0.29) is 24.1 Å². The van der Waals surface area contributed by atoms with Gasteiger partial charge < -0.3 is 24.0 Å². The number of hydrogen-bond acceptors (Lipinski definition) is 6. The zero-order chi connectivity index (χ0) is 21.6. The minimum absolute atomic E-state index is 0.0213. The Hall–Kier alpha value is -2.19. The average molecular weight is 420 g/mol. The summed E-state index contributed by atoms with van der Waals surface area (Å²) in [5, 5.41) is 0. The molecule has 0 bridgehead atoms. The summed E-state index contributed by atoms with van der Waals surface area (Å²) < 4.78 is 16.7. The van der Waals surface area contributed by atoms with Crippen molar-refractivity contribution < 1.29 is 23.8 Å². The van der Waals surface area contributed by atoms with Crippen molar-refractivity contribution in [2.45, 2.75) is 57.8 Å². The van der Waals surface area contributed by atoms with Crippen molar-refractivity contribution in [2.24, 2.45) is 0 Å². The van der Waals surface area contributed by atoms with Gasteiger partial charge in [-0.1, -0.05) is 0 Å². The van der Waals surface area contributed by atoms with Gasteiger partial charge in [0.2, 0.25) is 5.91 Å². The lowest BCUT2D eigenvalue weighted by molar-refractivity contribution is -0.137. The lowest BCUT2D eigenvalue weighted by atomic mass is 10.0. The minimum atomic E-state index is -0.559. The molecule has 1 aromatic heterocycles. The van der Waals surface area contributed by atoms with Crippen LogP contribution in [0.15, 0.2) is 24.5 Å². The first kappa shape index (κ1) is 22.5. The summed E-state index contributed by atoms with van der Waals surface area (Å²) in [4.78, 5) is 33.1. The highest BCUT2D eigenvalue weighted by Gasteiger charge is 2.35. The predicted octanol–water partition coefficient (Wildman–Crippen LogP) is 2.79. The van der Waals surface area contributed by atoms with E-state index in [1.54, 1.807) is 17.3 Å². The van der Waals surface area contributed by atoms with Gasteiger partial charge in [-0.15, -0.1) is 0 Å². The molecule has 0 radical (unpaired) electrons. The van der Waals surface area contributed by atoms with Crippen LogP contribution >= 0.6 is 0 Å². The van der Waals surface area contributed by atoms with Crippen LogP contribution in [0.2, 0.25) is 0 Å². The van der Waals surface area contributed by atoms with Crippen LogP contribution in [-0.4, -0.2) is 77.9 Å². The molecule has 0 aliphatic carbocycles. The fourth-order valence-electron chi connectivity index (χ4n) is 3.74. The number of carbonyl (C=O) groups is 2. The first-order valence-corrected chi connectivity index (χ1v) is 10.7. The quantitative estimate of drug-likeness (QED) is 0.660. The Bertz CT molecular complexity index is 700. The van der Waals surface area contributed by atoms with Crippen molar-refractivity contribution in [3.05, 3.63) is 30.1 Å². The van der Waals surface area contributed by atoms with Gasteiger partial charge in [0.05, 0.1) is 31.8 Å². The third-order valence-corrected chi connectivity index (χ3v) is 5.23. The van der Waals surface area contributed by atoms with Crippen LogP contribution in [0, 0.1) is 0 Å². The number of ether oxygens (including phenoxy) is 3. The second-order valence-corrected chi connectivity index (χ2v) is 8.77. The maximum Gasteiger partial charge on any atom is 0.410 e. The van der Waals surface area contributed by atoms with Crippen molar-refractivity contribution in [3.63, 3.8) is 0 Å². The van der Waals surface area contributed by atoms with Crippen LogP contribution in [0.3, 0.4) is 0 Å². The normalized spacial score (nSPS) is 22.2. The molecule has 30 heavy (non-hydrogen) atoms. The topological polar surface area (TPSA) is 81.2 Å². The van der Waals surface area contributed by atoms with E-state index in [9.17, 15) is 9.59 Å². The first-order valence-electron chi connectivity index (χ1n) is 10.7. The largest absolute Gasteiger partial charge is 0.444 e. The van der Waals surface area contributed by atoms with E-state index in [1.165, 1.54) is 0 Å². The highest BCUT2D eigenvalue weighted by atomic mass is 16.6. The van der Waals surface area contributed by atoms with E-state index in [4.69, 9.17) is 14.2 Å². The standard InChI is InChI=1S/C22H33N3O5/c1-22(2,3)30-21(27)24-11-12-25(19(15-24)17-6-9-23-10-7-17)20(26)8-14-28-16-18-5-4-13-29-18/h6-7,9-10,18-19H,4-5,8,11-16H2,1-3H3/t18-,19-/m0/s1. The molecule has 8 nitrogen and oxygen atoms in total. The molecule has 2 amide bonds. The van der Waals surface area contributed by atoms with Crippen LogP contribution in [0.25, 0.3) is 0 Å². The van der Waals surface area contributed by atoms with Gasteiger partial charge in [0.25, 0.3) is 0 Å². The molecule has 2 aliphatic heterocycles. The minimum Gasteiger partial charge on any atom is -0.444 e. The molecule has 0 spiro atoms. The maximum absolute atomic E-state index is 12.9. The summed E-state index contributed by atoms with van der Waals surface area (Å²) >= 11 is 0. The van der Waals surface area contributed by atoms with E-state index in [2.05, 4.69) is 4.98 Å². The zero-order valence-corrected chi connectivity index (χ0v) is 18.2. The van der Waals surface area contributed by atoms with Crippen molar-refractivity contribution in [1.29, 1.82) is 0 Å². The van der Waals surface area contributed by atoms with Crippen LogP contribution in [-0.2, 0) is 19.0 Å². The van der Waals surface area contributed by atoms with E-state index in [1.807, 2.05) is 37.8 Å². The number of rotatable bonds is 6. The number of carbonyl (C=O) groups excluding carboxylic acids is 2. The van der Waals surface area contributed by atoms with Crippen LogP contribution in [0.5, 0.6) is 0 Å². The molecule has 0 N–H and O–H groups in total. The molecule has 2 saturated heterocycles. The molecule has 8 heteroatoms. The van der Waals surface area contributed by atoms with Gasteiger partial charge in [-0.2, -0.15) is 0 Å². The Balaban J connectivity index is 1.59. The number of aromatic nitrogens is 1. The number of piperazine rings is 1. The van der Waals surface area contributed by atoms with Crippen molar-refractivity contribution in [2.75, 3.05) is 39.5 Å². The Labute approximate surface area is 178 Å². The predicted molar refractivity (Wildman–Crippen MR) is 111 cm³/mol. The lowest BCUT2D eigenvalue weighted by Crippen LogP contribution is -2.53. The molecular weight excluding hydrogens is 386 g/mol. The third-order valence-electron chi connectivity index (χ3n) is 5.23. The van der Waals surface area contributed by atoms with E-state index in [0.717, 1.165) is 25.0 Å². The molecular formula is C22H33N3O5. The first-order chi connectivity index (χ1) is 14.3. The molecule has 3 heterocycles. The zero-order valence-electron chi connectivity index (χ0n) is 18.2. The van der Waals surface area contributed by atoms with Crippen molar-refractivity contribution >= 4 is 12.0 Å². The average Bonchev–Trinajstić information content (AvgIpc) is 3.23. The summed E-state index contributed by atoms with van der Waals surface area (Å²) in [6, 6.07) is 3.54. The Morgan fingerprint density at radius 3 is 2.67 bits per heavy atom. The van der Waals surface area contributed by atoms with Crippen LogP contribution in [0.1, 0.15) is 51.6 Å². The summed E-state index contributed by atoms with van der Waals surface area (Å²) in [5.41, 5.74) is 0.392. The van der Waals surface area contributed by atoms with Crippen LogP contribution in [0.4, 0.5) is 4.79 Å². The van der Waals surface area contributed by atoms with E-state index < -0.39 is 5.60 Å². The SMILES string of the molecule is CC(C)(C)OC(=O)N1CCN(C(=O)CCOC[C@@H]2CCCO2)[C@H](c2ccncc2)C1. The monoisotopic (exact) mass is 419 g/mol. The summed E-state index contributed by atoms with van der Waals surface area (Å²) in [7, 11) is 0. The summed E-state index contributed by atoms with van der Waals surface area (Å²) in [6.45, 7) is 8.53. The van der Waals surface area contributed by atoms with E-state index in [0.29, 0.717) is 39.3 Å². The molecule has 166 valence electrons. The molecule has 0 aromatic carbocycles. The van der Waals surface area contributed by atoms with E-state index >= 15 is 0 Å². The second-order valence-electron chi connectivity index (χ2n) is 8.77. The van der Waals surface area contributed by atoms with Gasteiger partial charge in [0, 0.05) is 38.6 Å². The van der Waals surface area contributed by atoms with Gasteiger partial charge in [-0.05, 0) is 51.3 Å². The number of amides is 2. The molecule has 0 saturated carbocycles. The van der Waals surface area contributed by atoms with Crippen LogP contribution < -0.4 is 0 Å². The van der Waals surface area contributed by atoms with Gasteiger partial charge >= 0.3 is 6.09 Å². The summed E-state index contributed by atoms with van der Waals surface area (Å²) in [6.07, 6.45) is 5.61. The van der Waals surface area contributed by atoms with Gasteiger partial charge in [-0.25, -0.2) is 4.79 Å². The molecule has 3 rings (SSSR count). The lowest BCUT2D eigenvalue weighted by Gasteiger charge is -2.42. The van der Waals surface area contributed by atoms with Crippen molar-refractivity contribution in [3.8, 4) is 0 Å². The third kappa shape index (κ3) is 6.40. The molecule has 2 fully saturated rings. The Morgan fingerprint density at radius 2 is 2.00 bits per heavy atom. The molecule has 1 aromatic rings. The molecule has 2 aliphatic rings. The highest BCUT2D eigenvalue weighted by molar-refractivity contribution is 5.77.